The fourth-order valence-corrected chi connectivity index (χ4v) is 3.48. The minimum absolute atomic E-state index is 0.120. The van der Waals surface area contributed by atoms with Crippen LogP contribution in [0.4, 0.5) is 5.69 Å². The second-order valence-corrected chi connectivity index (χ2v) is 7.07. The lowest BCUT2D eigenvalue weighted by atomic mass is 10.1. The Hall–Kier alpha value is -2.87. The van der Waals surface area contributed by atoms with Crippen LogP contribution in [0, 0.1) is 0 Å². The number of hydrogen-bond acceptors (Lipinski definition) is 5. The standard InChI is InChI=1S/C22H25N3O4/c26-16(14-25-10-12-28-13-11-25)15-29-21-7-2-1-4-18(21)22(27)24-20-6-3-5-19-17(20)8-9-23-19/h1-9,16,23,26H,10-15H2,(H,24,27). The number of anilines is 1. The molecule has 152 valence electrons. The maximum absolute atomic E-state index is 12.9. The fourth-order valence-electron chi connectivity index (χ4n) is 3.48. The maximum atomic E-state index is 12.9. The summed E-state index contributed by atoms with van der Waals surface area (Å²) in [4.78, 5) is 18.2. The van der Waals surface area contributed by atoms with Crippen LogP contribution in [0.5, 0.6) is 5.75 Å². The number of carbonyl (C=O) groups is 1. The van der Waals surface area contributed by atoms with Crippen LogP contribution in [0.2, 0.25) is 0 Å². The zero-order valence-electron chi connectivity index (χ0n) is 16.1. The summed E-state index contributed by atoms with van der Waals surface area (Å²) in [6, 6.07) is 14.7. The molecule has 2 aromatic carbocycles. The molecule has 1 amide bonds. The van der Waals surface area contributed by atoms with E-state index in [1.807, 2.05) is 36.5 Å². The highest BCUT2D eigenvalue weighted by Crippen LogP contribution is 2.25. The number of aromatic nitrogens is 1. The number of carbonyl (C=O) groups excluding carboxylic acids is 1. The Bertz CT molecular complexity index is 965. The molecule has 0 radical (unpaired) electrons. The van der Waals surface area contributed by atoms with Crippen molar-refractivity contribution in [2.75, 3.05) is 44.8 Å². The number of H-pyrrole nitrogens is 1. The summed E-state index contributed by atoms with van der Waals surface area (Å²) < 4.78 is 11.1. The molecule has 3 N–H and O–H groups in total. The first kappa shape index (κ1) is 19.4. The monoisotopic (exact) mass is 395 g/mol. The molecule has 7 nitrogen and oxygen atoms in total. The number of aliphatic hydroxyl groups excluding tert-OH is 1. The number of hydrogen-bond donors (Lipinski definition) is 3. The van der Waals surface area contributed by atoms with Gasteiger partial charge in [-0.05, 0) is 30.3 Å². The average Bonchev–Trinajstić information content (AvgIpc) is 3.23. The minimum atomic E-state index is -0.641. The van der Waals surface area contributed by atoms with Crippen molar-refractivity contribution in [3.63, 3.8) is 0 Å². The lowest BCUT2D eigenvalue weighted by Crippen LogP contribution is -2.42. The molecule has 0 spiro atoms. The molecule has 1 saturated heterocycles. The molecule has 1 aromatic heterocycles. The maximum Gasteiger partial charge on any atom is 0.259 e. The smallest absolute Gasteiger partial charge is 0.259 e. The third kappa shape index (κ3) is 4.76. The van der Waals surface area contributed by atoms with Gasteiger partial charge >= 0.3 is 0 Å². The van der Waals surface area contributed by atoms with E-state index in [-0.39, 0.29) is 12.5 Å². The molecule has 1 aliphatic heterocycles. The van der Waals surface area contributed by atoms with Crippen molar-refractivity contribution in [2.45, 2.75) is 6.10 Å². The van der Waals surface area contributed by atoms with Crippen molar-refractivity contribution in [3.05, 3.63) is 60.3 Å². The van der Waals surface area contributed by atoms with E-state index in [1.165, 1.54) is 0 Å². The molecule has 1 unspecified atom stereocenters. The zero-order valence-corrected chi connectivity index (χ0v) is 16.1. The highest BCUT2D eigenvalue weighted by molar-refractivity contribution is 6.10. The number of benzene rings is 2. The SMILES string of the molecule is O=C(Nc1cccc2[nH]ccc12)c1ccccc1OCC(O)CN1CCOCC1. The van der Waals surface area contributed by atoms with Crippen LogP contribution in [-0.4, -0.2) is 66.5 Å². The molecule has 4 rings (SSSR count). The number of nitrogens with zero attached hydrogens (tertiary/aromatic N) is 1. The van der Waals surface area contributed by atoms with Crippen molar-refractivity contribution >= 4 is 22.5 Å². The number of para-hydroxylation sites is 1. The van der Waals surface area contributed by atoms with Gasteiger partial charge in [0.25, 0.3) is 5.91 Å². The number of rotatable bonds is 7. The van der Waals surface area contributed by atoms with E-state index >= 15 is 0 Å². The Morgan fingerprint density at radius 2 is 2.00 bits per heavy atom. The predicted octanol–water partition coefficient (Wildman–Crippen LogP) is 2.49. The third-order valence-corrected chi connectivity index (χ3v) is 4.98. The van der Waals surface area contributed by atoms with Crippen molar-refractivity contribution in [1.82, 2.24) is 9.88 Å². The molecule has 29 heavy (non-hydrogen) atoms. The van der Waals surface area contributed by atoms with Gasteiger partial charge in [0.1, 0.15) is 18.5 Å². The van der Waals surface area contributed by atoms with E-state index in [0.29, 0.717) is 31.1 Å². The number of nitrogens with one attached hydrogen (secondary N) is 2. The first-order valence-corrected chi connectivity index (χ1v) is 9.78. The molecular formula is C22H25N3O4. The van der Waals surface area contributed by atoms with E-state index in [2.05, 4.69) is 15.2 Å². The lowest BCUT2D eigenvalue weighted by Gasteiger charge is -2.28. The van der Waals surface area contributed by atoms with Crippen LogP contribution in [-0.2, 0) is 4.74 Å². The van der Waals surface area contributed by atoms with Crippen LogP contribution in [0.15, 0.2) is 54.7 Å². The first-order valence-electron chi connectivity index (χ1n) is 9.78. The Balaban J connectivity index is 1.41. The average molecular weight is 395 g/mol. The number of fused-ring (bicyclic) bond motifs is 1. The zero-order chi connectivity index (χ0) is 20.1. The Morgan fingerprint density at radius 3 is 2.86 bits per heavy atom. The van der Waals surface area contributed by atoms with Crippen LogP contribution in [0.1, 0.15) is 10.4 Å². The quantitative estimate of drug-likeness (QED) is 0.572. The topological polar surface area (TPSA) is 86.8 Å². The van der Waals surface area contributed by atoms with Crippen molar-refractivity contribution in [2.24, 2.45) is 0 Å². The molecule has 1 aliphatic rings. The van der Waals surface area contributed by atoms with Gasteiger partial charge in [-0.1, -0.05) is 18.2 Å². The van der Waals surface area contributed by atoms with Gasteiger partial charge in [0.2, 0.25) is 0 Å². The Kier molecular flexibility index (Phi) is 6.09. The van der Waals surface area contributed by atoms with E-state index in [4.69, 9.17) is 9.47 Å². The van der Waals surface area contributed by atoms with Gasteiger partial charge in [0.15, 0.2) is 0 Å². The van der Waals surface area contributed by atoms with E-state index in [1.54, 1.807) is 18.2 Å². The highest BCUT2D eigenvalue weighted by atomic mass is 16.5. The summed E-state index contributed by atoms with van der Waals surface area (Å²) in [5, 5.41) is 14.2. The largest absolute Gasteiger partial charge is 0.490 e. The number of aliphatic hydroxyl groups is 1. The van der Waals surface area contributed by atoms with Gasteiger partial charge in [-0.25, -0.2) is 0 Å². The van der Waals surface area contributed by atoms with E-state index in [9.17, 15) is 9.90 Å². The summed E-state index contributed by atoms with van der Waals surface area (Å²) >= 11 is 0. The number of morpholine rings is 1. The number of β-amino-alcohol motifs (C(OH)–C–C–N with tert-alkyl or cyclic N) is 1. The van der Waals surface area contributed by atoms with Crippen molar-refractivity contribution in [1.29, 1.82) is 0 Å². The minimum Gasteiger partial charge on any atom is -0.490 e. The molecule has 1 fully saturated rings. The second kappa shape index (κ2) is 9.09. The van der Waals surface area contributed by atoms with Crippen LogP contribution < -0.4 is 10.1 Å². The van der Waals surface area contributed by atoms with Crippen molar-refractivity contribution < 1.29 is 19.4 Å². The first-order chi connectivity index (χ1) is 14.2. The number of aromatic amines is 1. The fraction of sp³-hybridized carbons (Fsp3) is 0.318. The molecule has 0 aliphatic carbocycles. The van der Waals surface area contributed by atoms with Gasteiger partial charge in [-0.2, -0.15) is 0 Å². The Morgan fingerprint density at radius 1 is 1.17 bits per heavy atom. The molecule has 0 bridgehead atoms. The van der Waals surface area contributed by atoms with E-state index in [0.717, 1.165) is 29.7 Å². The number of ether oxygens (including phenoxy) is 2. The van der Waals surface area contributed by atoms with Gasteiger partial charge < -0.3 is 24.9 Å². The summed E-state index contributed by atoms with van der Waals surface area (Å²) in [7, 11) is 0. The molecule has 0 saturated carbocycles. The molecule has 3 aromatic rings. The summed E-state index contributed by atoms with van der Waals surface area (Å²) in [5.74, 6) is 0.198. The predicted molar refractivity (Wildman–Crippen MR) is 111 cm³/mol. The summed E-state index contributed by atoms with van der Waals surface area (Å²) in [6.07, 6.45) is 1.20. The van der Waals surface area contributed by atoms with Crippen LogP contribution in [0.25, 0.3) is 10.9 Å². The van der Waals surface area contributed by atoms with Crippen LogP contribution in [0.3, 0.4) is 0 Å². The highest BCUT2D eigenvalue weighted by Gasteiger charge is 2.18. The van der Waals surface area contributed by atoms with Gasteiger partial charge in [0, 0.05) is 36.7 Å². The van der Waals surface area contributed by atoms with Gasteiger partial charge in [0.05, 0.1) is 24.5 Å². The van der Waals surface area contributed by atoms with Crippen LogP contribution >= 0.6 is 0 Å². The van der Waals surface area contributed by atoms with Gasteiger partial charge in [-0.3, -0.25) is 9.69 Å². The summed E-state index contributed by atoms with van der Waals surface area (Å²) in [6.45, 7) is 3.62. The Labute approximate surface area is 169 Å². The normalized spacial score (nSPS) is 15.9. The molecule has 7 heteroatoms. The third-order valence-electron chi connectivity index (χ3n) is 4.98. The number of amides is 1. The molecular weight excluding hydrogens is 370 g/mol. The lowest BCUT2D eigenvalue weighted by molar-refractivity contribution is 0.00458. The molecule has 1 atom stereocenters. The summed E-state index contributed by atoms with van der Waals surface area (Å²) in [5.41, 5.74) is 2.12. The molecule has 2 heterocycles. The van der Waals surface area contributed by atoms with Gasteiger partial charge in [-0.15, -0.1) is 0 Å². The second-order valence-electron chi connectivity index (χ2n) is 7.07. The van der Waals surface area contributed by atoms with E-state index < -0.39 is 6.10 Å². The van der Waals surface area contributed by atoms with Crippen molar-refractivity contribution in [3.8, 4) is 5.75 Å².